The Morgan fingerprint density at radius 1 is 1.25 bits per heavy atom. The summed E-state index contributed by atoms with van der Waals surface area (Å²) in [6.45, 7) is 2.43. The number of thiophene rings is 1. The Bertz CT molecular complexity index is 1120. The largest absolute Gasteiger partial charge is 0.294 e. The van der Waals surface area contributed by atoms with Crippen LogP contribution >= 0.6 is 22.9 Å². The molecule has 6 heteroatoms. The van der Waals surface area contributed by atoms with Crippen LogP contribution in [0.25, 0.3) is 21.1 Å². The monoisotopic (exact) mass is 355 g/mol. The highest BCUT2D eigenvalue weighted by atomic mass is 35.5. The zero-order chi connectivity index (χ0) is 16.7. The molecule has 120 valence electrons. The van der Waals surface area contributed by atoms with Crippen molar-refractivity contribution in [3.8, 4) is 0 Å². The number of nitrogens with zero attached hydrogens (tertiary/aromatic N) is 3. The van der Waals surface area contributed by atoms with Crippen LogP contribution < -0.4 is 5.56 Å². The molecule has 0 unspecified atom stereocenters. The first-order valence-corrected chi connectivity index (χ1v) is 8.87. The molecular formula is C18H14ClN3OS. The average molecular weight is 356 g/mol. The first-order valence-electron chi connectivity index (χ1n) is 7.67. The van der Waals surface area contributed by atoms with Gasteiger partial charge in [0.1, 0.15) is 9.98 Å². The van der Waals surface area contributed by atoms with Crippen molar-refractivity contribution in [2.24, 2.45) is 0 Å². The van der Waals surface area contributed by atoms with Crippen molar-refractivity contribution < 1.29 is 0 Å². The van der Waals surface area contributed by atoms with Crippen LogP contribution in [0, 0.1) is 0 Å². The van der Waals surface area contributed by atoms with E-state index in [0.29, 0.717) is 17.1 Å². The zero-order valence-corrected chi connectivity index (χ0v) is 14.6. The fraction of sp³-hybridized carbons (Fsp3) is 0.167. The van der Waals surface area contributed by atoms with Gasteiger partial charge < -0.3 is 0 Å². The lowest BCUT2D eigenvalue weighted by molar-refractivity contribution is 0.748. The Labute approximate surface area is 147 Å². The van der Waals surface area contributed by atoms with Gasteiger partial charge in [-0.1, -0.05) is 36.7 Å². The van der Waals surface area contributed by atoms with E-state index in [1.807, 2.05) is 36.4 Å². The third kappa shape index (κ3) is 2.60. The fourth-order valence-corrected chi connectivity index (χ4v) is 3.86. The quantitative estimate of drug-likeness (QED) is 0.515. The van der Waals surface area contributed by atoms with Gasteiger partial charge >= 0.3 is 0 Å². The van der Waals surface area contributed by atoms with Crippen molar-refractivity contribution in [2.75, 3.05) is 0 Å². The lowest BCUT2D eigenvalue weighted by Gasteiger charge is -2.08. The van der Waals surface area contributed by atoms with Gasteiger partial charge in [0, 0.05) is 15.8 Å². The summed E-state index contributed by atoms with van der Waals surface area (Å²) in [7, 11) is 0. The van der Waals surface area contributed by atoms with E-state index >= 15 is 0 Å². The second-order valence-electron chi connectivity index (χ2n) is 5.59. The van der Waals surface area contributed by atoms with E-state index in [-0.39, 0.29) is 5.56 Å². The van der Waals surface area contributed by atoms with Crippen LogP contribution in [0.1, 0.15) is 17.4 Å². The van der Waals surface area contributed by atoms with Crippen molar-refractivity contribution in [1.29, 1.82) is 0 Å². The number of aryl methyl sites for hydroxylation is 1. The zero-order valence-electron chi connectivity index (χ0n) is 13.0. The molecule has 0 aliphatic carbocycles. The smallest absolute Gasteiger partial charge is 0.262 e. The lowest BCUT2D eigenvalue weighted by atomic mass is 10.1. The topological polar surface area (TPSA) is 47.8 Å². The van der Waals surface area contributed by atoms with E-state index in [9.17, 15) is 4.79 Å². The van der Waals surface area contributed by atoms with Gasteiger partial charge in [-0.25, -0.2) is 9.97 Å². The molecular weight excluding hydrogens is 342 g/mol. The highest BCUT2D eigenvalue weighted by Gasteiger charge is 2.11. The SMILES string of the molecule is CCc1cc2c(=O)n(Cc3cc4ccccc4nc3Cl)cnc2s1. The van der Waals surface area contributed by atoms with Gasteiger partial charge in [0.2, 0.25) is 0 Å². The van der Waals surface area contributed by atoms with E-state index in [0.717, 1.165) is 32.6 Å². The minimum absolute atomic E-state index is 0.0415. The van der Waals surface area contributed by atoms with Crippen LogP contribution in [0.3, 0.4) is 0 Å². The number of pyridine rings is 1. The molecule has 3 aromatic heterocycles. The number of para-hydroxylation sites is 1. The van der Waals surface area contributed by atoms with Gasteiger partial charge in [-0.2, -0.15) is 0 Å². The summed E-state index contributed by atoms with van der Waals surface area (Å²) in [6, 6.07) is 11.7. The Kier molecular flexibility index (Phi) is 3.82. The summed E-state index contributed by atoms with van der Waals surface area (Å²) in [5.41, 5.74) is 1.61. The number of halogens is 1. The van der Waals surface area contributed by atoms with Gasteiger partial charge in [-0.15, -0.1) is 11.3 Å². The predicted octanol–water partition coefficient (Wildman–Crippen LogP) is 4.27. The molecule has 0 amide bonds. The van der Waals surface area contributed by atoms with E-state index < -0.39 is 0 Å². The van der Waals surface area contributed by atoms with Crippen LogP contribution in [0.5, 0.6) is 0 Å². The number of hydrogen-bond donors (Lipinski definition) is 0. The third-order valence-corrected chi connectivity index (χ3v) is 5.52. The predicted molar refractivity (Wildman–Crippen MR) is 99.1 cm³/mol. The molecule has 0 spiro atoms. The van der Waals surface area contributed by atoms with Gasteiger partial charge in [-0.3, -0.25) is 9.36 Å². The maximum Gasteiger partial charge on any atom is 0.262 e. The number of benzene rings is 1. The maximum absolute atomic E-state index is 12.7. The average Bonchev–Trinajstić information content (AvgIpc) is 3.02. The van der Waals surface area contributed by atoms with Crippen LogP contribution in [-0.4, -0.2) is 14.5 Å². The normalized spacial score (nSPS) is 11.4. The molecule has 0 atom stereocenters. The van der Waals surface area contributed by atoms with E-state index in [2.05, 4.69) is 16.9 Å². The second kappa shape index (κ2) is 6.00. The minimum Gasteiger partial charge on any atom is -0.294 e. The molecule has 0 aliphatic rings. The number of hydrogen-bond acceptors (Lipinski definition) is 4. The van der Waals surface area contributed by atoms with Crippen molar-refractivity contribution in [1.82, 2.24) is 14.5 Å². The van der Waals surface area contributed by atoms with Gasteiger partial charge in [0.15, 0.2) is 0 Å². The Hall–Kier alpha value is -2.24. The molecule has 4 nitrogen and oxygen atoms in total. The molecule has 0 radical (unpaired) electrons. The lowest BCUT2D eigenvalue weighted by Crippen LogP contribution is -2.20. The second-order valence-corrected chi connectivity index (χ2v) is 7.07. The van der Waals surface area contributed by atoms with Crippen molar-refractivity contribution >= 4 is 44.1 Å². The molecule has 0 saturated carbocycles. The van der Waals surface area contributed by atoms with Crippen molar-refractivity contribution in [2.45, 2.75) is 19.9 Å². The number of aromatic nitrogens is 3. The van der Waals surface area contributed by atoms with Crippen LogP contribution in [0.4, 0.5) is 0 Å². The van der Waals surface area contributed by atoms with E-state index in [1.165, 1.54) is 0 Å². The fourth-order valence-electron chi connectivity index (χ4n) is 2.73. The first kappa shape index (κ1) is 15.3. The molecule has 0 bridgehead atoms. The van der Waals surface area contributed by atoms with Gasteiger partial charge in [0.25, 0.3) is 5.56 Å². The molecule has 3 heterocycles. The van der Waals surface area contributed by atoms with Crippen LogP contribution in [0.15, 0.2) is 47.5 Å². The highest BCUT2D eigenvalue weighted by molar-refractivity contribution is 7.18. The van der Waals surface area contributed by atoms with Gasteiger partial charge in [-0.05, 0) is 24.6 Å². The van der Waals surface area contributed by atoms with Crippen molar-refractivity contribution in [3.63, 3.8) is 0 Å². The summed E-state index contributed by atoms with van der Waals surface area (Å²) in [5.74, 6) is 0. The number of rotatable bonds is 3. The summed E-state index contributed by atoms with van der Waals surface area (Å²) < 4.78 is 1.59. The summed E-state index contributed by atoms with van der Waals surface area (Å²) >= 11 is 7.87. The van der Waals surface area contributed by atoms with Crippen molar-refractivity contribution in [3.05, 3.63) is 68.7 Å². The molecule has 4 aromatic rings. The molecule has 1 aromatic carbocycles. The highest BCUT2D eigenvalue weighted by Crippen LogP contribution is 2.23. The first-order chi connectivity index (χ1) is 11.7. The van der Waals surface area contributed by atoms with Crippen LogP contribution in [0.2, 0.25) is 5.15 Å². The molecule has 4 rings (SSSR count). The summed E-state index contributed by atoms with van der Waals surface area (Å²) in [5, 5.41) is 2.09. The van der Waals surface area contributed by atoms with E-state index in [4.69, 9.17) is 11.6 Å². The Balaban J connectivity index is 1.80. The Morgan fingerprint density at radius 2 is 2.08 bits per heavy atom. The molecule has 24 heavy (non-hydrogen) atoms. The summed E-state index contributed by atoms with van der Waals surface area (Å²) in [6.07, 6.45) is 2.49. The Morgan fingerprint density at radius 3 is 2.92 bits per heavy atom. The number of fused-ring (bicyclic) bond motifs is 2. The molecule has 0 fully saturated rings. The van der Waals surface area contributed by atoms with E-state index in [1.54, 1.807) is 22.2 Å². The minimum atomic E-state index is -0.0415. The summed E-state index contributed by atoms with van der Waals surface area (Å²) in [4.78, 5) is 23.5. The maximum atomic E-state index is 12.7. The third-order valence-electron chi connectivity index (χ3n) is 4.01. The molecule has 0 saturated heterocycles. The van der Waals surface area contributed by atoms with Gasteiger partial charge in [0.05, 0.1) is 23.8 Å². The van der Waals surface area contributed by atoms with Crippen LogP contribution in [-0.2, 0) is 13.0 Å². The molecule has 0 N–H and O–H groups in total. The standard InChI is InChI=1S/C18H14ClN3OS/c1-2-13-8-14-17(24-13)20-10-22(18(14)23)9-12-7-11-5-3-4-6-15(11)21-16(12)19/h3-8,10H,2,9H2,1H3. The molecule has 0 aliphatic heterocycles.